The van der Waals surface area contributed by atoms with Crippen LogP contribution in [0.5, 0.6) is 17.2 Å². The Balaban J connectivity index is 1.62. The van der Waals surface area contributed by atoms with Crippen LogP contribution in [0.25, 0.3) is 11.3 Å². The first-order valence-corrected chi connectivity index (χ1v) is 13.0. The molecule has 34 heavy (non-hydrogen) atoms. The van der Waals surface area contributed by atoms with E-state index in [1.165, 1.54) is 11.3 Å². The number of benzene rings is 2. The van der Waals surface area contributed by atoms with E-state index in [9.17, 15) is 13.2 Å². The van der Waals surface area contributed by atoms with Gasteiger partial charge < -0.3 is 14.2 Å². The molecule has 0 atom stereocenters. The third-order valence-corrected chi connectivity index (χ3v) is 6.14. The fraction of sp³-hybridized carbons (Fsp3) is 0.304. The van der Waals surface area contributed by atoms with Gasteiger partial charge in [-0.1, -0.05) is 6.92 Å². The van der Waals surface area contributed by atoms with Gasteiger partial charge in [-0.15, -0.1) is 11.3 Å². The van der Waals surface area contributed by atoms with Crippen molar-refractivity contribution in [2.75, 3.05) is 31.4 Å². The Bertz CT molecular complexity index is 1210. The number of carbonyl (C=O) groups excluding carboxylic acids is 1. The molecule has 0 spiro atoms. The first-order chi connectivity index (χ1) is 16.3. The number of thiazole rings is 1. The van der Waals surface area contributed by atoms with Gasteiger partial charge in [-0.2, -0.15) is 8.42 Å². The summed E-state index contributed by atoms with van der Waals surface area (Å²) in [7, 11) is -2.42. The number of hydrogen-bond donors (Lipinski definition) is 2. The zero-order valence-electron chi connectivity index (χ0n) is 18.8. The summed E-state index contributed by atoms with van der Waals surface area (Å²) in [6.45, 7) is 2.77. The predicted molar refractivity (Wildman–Crippen MR) is 131 cm³/mol. The van der Waals surface area contributed by atoms with Crippen molar-refractivity contribution in [3.63, 3.8) is 0 Å². The van der Waals surface area contributed by atoms with Gasteiger partial charge in [0.25, 0.3) is 16.0 Å². The lowest BCUT2D eigenvalue weighted by Crippen LogP contribution is -2.12. The van der Waals surface area contributed by atoms with Gasteiger partial charge in [0.05, 0.1) is 31.8 Å². The summed E-state index contributed by atoms with van der Waals surface area (Å²) < 4.78 is 46.7. The summed E-state index contributed by atoms with van der Waals surface area (Å²) in [5.74, 6) is 1.16. The fourth-order valence-electron chi connectivity index (χ4n) is 2.95. The van der Waals surface area contributed by atoms with Crippen molar-refractivity contribution in [2.24, 2.45) is 0 Å². The van der Waals surface area contributed by atoms with Crippen molar-refractivity contribution >= 4 is 32.5 Å². The average molecular weight is 507 g/mol. The molecule has 0 fully saturated rings. The molecule has 1 aromatic heterocycles. The molecule has 11 heteroatoms. The molecule has 9 nitrogen and oxygen atoms in total. The quantitative estimate of drug-likeness (QED) is 0.271. The molecule has 0 aliphatic heterocycles. The van der Waals surface area contributed by atoms with E-state index in [0.29, 0.717) is 34.5 Å². The Labute approximate surface area is 202 Å². The van der Waals surface area contributed by atoms with E-state index in [-0.39, 0.29) is 24.7 Å². The molecule has 3 rings (SSSR count). The van der Waals surface area contributed by atoms with Crippen LogP contribution in [-0.2, 0) is 10.1 Å². The Kier molecular flexibility index (Phi) is 8.85. The molecule has 1 heterocycles. The van der Waals surface area contributed by atoms with Gasteiger partial charge in [-0.3, -0.25) is 14.7 Å². The summed E-state index contributed by atoms with van der Waals surface area (Å²) in [4.78, 5) is 17.1. The third kappa shape index (κ3) is 7.44. The van der Waals surface area contributed by atoms with Gasteiger partial charge in [0.1, 0.15) is 17.2 Å². The van der Waals surface area contributed by atoms with Gasteiger partial charge in [0.2, 0.25) is 0 Å². The molecular weight excluding hydrogens is 480 g/mol. The summed E-state index contributed by atoms with van der Waals surface area (Å²) >= 11 is 1.30. The number of nitrogens with one attached hydrogen (secondary N) is 1. The Morgan fingerprint density at radius 2 is 1.79 bits per heavy atom. The predicted octanol–water partition coefficient (Wildman–Crippen LogP) is 4.52. The number of aromatic nitrogens is 1. The summed E-state index contributed by atoms with van der Waals surface area (Å²) in [6.07, 6.45) is 1.06. The van der Waals surface area contributed by atoms with Gasteiger partial charge in [0, 0.05) is 16.5 Å². The molecule has 3 aromatic rings. The van der Waals surface area contributed by atoms with E-state index in [1.807, 2.05) is 30.5 Å². The van der Waals surface area contributed by atoms with Crippen molar-refractivity contribution in [2.45, 2.75) is 19.8 Å². The molecule has 0 unspecified atom stereocenters. The highest BCUT2D eigenvalue weighted by Crippen LogP contribution is 2.35. The molecule has 182 valence electrons. The lowest BCUT2D eigenvalue weighted by atomic mass is 10.1. The Morgan fingerprint density at radius 3 is 2.47 bits per heavy atom. The number of amides is 1. The lowest BCUT2D eigenvalue weighted by Gasteiger charge is -2.10. The minimum Gasteiger partial charge on any atom is -0.496 e. The molecule has 1 amide bonds. The number of carbonyl (C=O) groups is 1. The van der Waals surface area contributed by atoms with Crippen molar-refractivity contribution in [1.82, 2.24) is 4.98 Å². The summed E-state index contributed by atoms with van der Waals surface area (Å²) in [5, 5.41) is 5.06. The summed E-state index contributed by atoms with van der Waals surface area (Å²) in [6, 6.07) is 12.0. The van der Waals surface area contributed by atoms with E-state index in [1.54, 1.807) is 31.4 Å². The molecule has 0 saturated heterocycles. The van der Waals surface area contributed by atoms with Crippen LogP contribution in [0.4, 0.5) is 5.13 Å². The molecule has 0 aliphatic carbocycles. The van der Waals surface area contributed by atoms with Crippen molar-refractivity contribution in [3.05, 3.63) is 53.4 Å². The van der Waals surface area contributed by atoms with Crippen LogP contribution in [0.15, 0.2) is 47.8 Å². The van der Waals surface area contributed by atoms with Crippen LogP contribution < -0.4 is 19.5 Å². The van der Waals surface area contributed by atoms with Crippen molar-refractivity contribution < 1.29 is 32.0 Å². The summed E-state index contributed by atoms with van der Waals surface area (Å²) in [5.41, 5.74) is 1.84. The highest BCUT2D eigenvalue weighted by Gasteiger charge is 2.14. The molecular formula is C23H26N2O7S2. The molecule has 0 aliphatic rings. The largest absolute Gasteiger partial charge is 0.496 e. The second-order valence-corrected chi connectivity index (χ2v) is 9.65. The smallest absolute Gasteiger partial charge is 0.264 e. The van der Waals surface area contributed by atoms with Gasteiger partial charge in [-0.25, -0.2) is 4.98 Å². The highest BCUT2D eigenvalue weighted by molar-refractivity contribution is 7.85. The number of hydrogen-bond acceptors (Lipinski definition) is 8. The van der Waals surface area contributed by atoms with Crippen LogP contribution in [-0.4, -0.2) is 49.9 Å². The fourth-order valence-corrected chi connectivity index (χ4v) is 4.14. The number of ether oxygens (including phenoxy) is 3. The van der Waals surface area contributed by atoms with E-state index in [4.69, 9.17) is 18.8 Å². The zero-order valence-corrected chi connectivity index (χ0v) is 20.4. The third-order valence-electron chi connectivity index (χ3n) is 4.58. The normalized spacial score (nSPS) is 11.1. The van der Waals surface area contributed by atoms with Gasteiger partial charge >= 0.3 is 0 Å². The first kappa shape index (κ1) is 25.5. The maximum Gasteiger partial charge on any atom is 0.264 e. The van der Waals surface area contributed by atoms with Crippen LogP contribution in [0.3, 0.4) is 0 Å². The van der Waals surface area contributed by atoms with Crippen LogP contribution >= 0.6 is 11.3 Å². The van der Waals surface area contributed by atoms with E-state index >= 15 is 0 Å². The van der Waals surface area contributed by atoms with Crippen LogP contribution in [0.2, 0.25) is 0 Å². The van der Waals surface area contributed by atoms with E-state index < -0.39 is 10.1 Å². The number of anilines is 1. The van der Waals surface area contributed by atoms with E-state index in [0.717, 1.165) is 17.7 Å². The maximum absolute atomic E-state index is 12.6. The van der Waals surface area contributed by atoms with E-state index in [2.05, 4.69) is 10.3 Å². The SMILES string of the molecule is CCCOc1ccc(OC)c(-c2csc(NC(=O)c3ccc(OCCCS(=O)(=O)O)cc3)n2)c1. The number of rotatable bonds is 12. The van der Waals surface area contributed by atoms with Gasteiger partial charge in [0.15, 0.2) is 5.13 Å². The second kappa shape index (κ2) is 11.8. The van der Waals surface area contributed by atoms with Gasteiger partial charge in [-0.05, 0) is 55.3 Å². The maximum atomic E-state index is 12.6. The highest BCUT2D eigenvalue weighted by atomic mass is 32.2. The Hall–Kier alpha value is -3.15. The second-order valence-electron chi connectivity index (χ2n) is 7.22. The molecule has 0 radical (unpaired) electrons. The minimum atomic E-state index is -4.00. The van der Waals surface area contributed by atoms with Crippen LogP contribution in [0, 0.1) is 0 Å². The number of methoxy groups -OCH3 is 1. The standard InChI is InChI=1S/C23H26N2O7S2/c1-3-11-31-18-9-10-21(30-2)19(14-18)20-15-33-23(24-20)25-22(26)16-5-7-17(8-6-16)32-12-4-13-34(27,28)29/h5-10,14-15H,3-4,11-13H2,1-2H3,(H,24,25,26)(H,27,28,29). The topological polar surface area (TPSA) is 124 Å². The van der Waals surface area contributed by atoms with Crippen molar-refractivity contribution in [1.29, 1.82) is 0 Å². The molecule has 2 aromatic carbocycles. The minimum absolute atomic E-state index is 0.126. The van der Waals surface area contributed by atoms with Crippen molar-refractivity contribution in [3.8, 4) is 28.5 Å². The monoisotopic (exact) mass is 506 g/mol. The zero-order chi connectivity index (χ0) is 24.6. The molecule has 2 N–H and O–H groups in total. The lowest BCUT2D eigenvalue weighted by molar-refractivity contribution is 0.102. The first-order valence-electron chi connectivity index (χ1n) is 10.5. The van der Waals surface area contributed by atoms with Crippen LogP contribution in [0.1, 0.15) is 30.1 Å². The molecule has 0 saturated carbocycles. The Morgan fingerprint density at radius 1 is 1.09 bits per heavy atom. The number of nitrogens with zero attached hydrogens (tertiary/aromatic N) is 1. The average Bonchev–Trinajstić information content (AvgIpc) is 3.28. The molecule has 0 bridgehead atoms.